The van der Waals surface area contributed by atoms with Crippen LogP contribution in [0.15, 0.2) is 109 Å². The summed E-state index contributed by atoms with van der Waals surface area (Å²) in [5.74, 6) is 0. The van der Waals surface area contributed by atoms with Crippen LogP contribution in [0.5, 0.6) is 0 Å². The van der Waals surface area contributed by atoms with Gasteiger partial charge >= 0.3 is 196 Å². The topological polar surface area (TPSA) is 56.3 Å². The molecule has 1 heterocycles. The number of halogens is 3. The average molecular weight is 503 g/mol. The molecule has 0 aliphatic rings. The Morgan fingerprint density at radius 3 is 1.47 bits per heavy atom. The van der Waals surface area contributed by atoms with Crippen LogP contribution in [-0.4, -0.2) is 18.9 Å². The van der Waals surface area contributed by atoms with Gasteiger partial charge in [0.05, 0.1) is 0 Å². The van der Waals surface area contributed by atoms with Crippen LogP contribution in [0.2, 0.25) is 0 Å². The second kappa shape index (κ2) is 8.62. The summed E-state index contributed by atoms with van der Waals surface area (Å²) in [6.07, 6.45) is 1.45. The predicted octanol–water partition coefficient (Wildman–Crippen LogP) is 4.33. The van der Waals surface area contributed by atoms with E-state index < -0.39 is 22.5 Å². The van der Waals surface area contributed by atoms with E-state index >= 15 is 0 Å². The van der Waals surface area contributed by atoms with Crippen LogP contribution in [0.3, 0.4) is 0 Å². The molecule has 0 aliphatic carbocycles. The van der Waals surface area contributed by atoms with Gasteiger partial charge in [-0.3, -0.25) is 0 Å². The minimum atomic E-state index is -6.08. The maximum atomic E-state index is 14.0. The van der Waals surface area contributed by atoms with Crippen LogP contribution in [0.1, 0.15) is 5.69 Å². The third-order valence-corrected chi connectivity index (χ3v) is 13.3. The van der Waals surface area contributed by atoms with E-state index in [1.165, 1.54) is 12.3 Å². The Hall–Kier alpha value is -3.06. The van der Waals surface area contributed by atoms with Crippen molar-refractivity contribution in [2.24, 2.45) is 0 Å². The summed E-state index contributed by atoms with van der Waals surface area (Å²) in [5, 5.41) is 1.22. The molecule has 4 aromatic rings. The van der Waals surface area contributed by atoms with E-state index in [4.69, 9.17) is 3.97 Å². The van der Waals surface area contributed by atoms with E-state index in [0.29, 0.717) is 21.6 Å². The van der Waals surface area contributed by atoms with E-state index in [0.717, 1.165) is 0 Å². The van der Waals surface area contributed by atoms with Crippen LogP contribution in [0, 0.1) is 6.92 Å². The molecule has 0 amide bonds. The number of benzene rings is 3. The number of rotatable bonds is 6. The number of pyridine rings is 1. The molecule has 1 aromatic heterocycles. The first-order valence-electron chi connectivity index (χ1n) is 10.3. The molecule has 0 unspecified atom stereocenters. The molecular formula is C25H21F3NO3PS. The maximum absolute atomic E-state index is 14.0. The van der Waals surface area contributed by atoms with Gasteiger partial charge in [0.2, 0.25) is 0 Å². The van der Waals surface area contributed by atoms with Crippen LogP contribution in [-0.2, 0) is 14.1 Å². The first kappa shape index (κ1) is 24.1. The van der Waals surface area contributed by atoms with Gasteiger partial charge in [-0.05, 0) is 0 Å². The van der Waals surface area contributed by atoms with Crippen LogP contribution in [0.4, 0.5) is 13.2 Å². The van der Waals surface area contributed by atoms with Gasteiger partial charge in [0.25, 0.3) is 0 Å². The molecule has 0 saturated heterocycles. The van der Waals surface area contributed by atoms with Gasteiger partial charge < -0.3 is 0 Å². The zero-order valence-electron chi connectivity index (χ0n) is 18.1. The molecular weight excluding hydrogens is 482 g/mol. The minimum absolute atomic E-state index is 0.287. The molecule has 0 N–H and O–H groups in total. The summed E-state index contributed by atoms with van der Waals surface area (Å²) in [6.45, 7) is -3.32. The summed E-state index contributed by atoms with van der Waals surface area (Å²) in [5.41, 5.74) is -5.14. The Balaban J connectivity index is 2.36. The molecule has 3 aromatic carbocycles. The van der Waals surface area contributed by atoms with Gasteiger partial charge in [0.15, 0.2) is 0 Å². The molecule has 0 atom stereocenters. The Morgan fingerprint density at radius 1 is 0.706 bits per heavy atom. The molecule has 0 bridgehead atoms. The zero-order chi connectivity index (χ0) is 24.5. The molecule has 0 radical (unpaired) electrons. The van der Waals surface area contributed by atoms with Crippen molar-refractivity contribution in [2.45, 2.75) is 12.4 Å². The van der Waals surface area contributed by atoms with Gasteiger partial charge in [-0.25, -0.2) is 0 Å². The fourth-order valence-electron chi connectivity index (χ4n) is 4.24. The quantitative estimate of drug-likeness (QED) is 0.291. The number of alkyl halides is 3. The van der Waals surface area contributed by atoms with Crippen LogP contribution in [0.25, 0.3) is 0 Å². The second-order valence-electron chi connectivity index (χ2n) is 7.67. The van der Waals surface area contributed by atoms with Crippen molar-refractivity contribution in [1.29, 1.82) is 0 Å². The fraction of sp³-hybridized carbons (Fsp3) is 0.0800. The molecule has 0 fully saturated rings. The third kappa shape index (κ3) is 3.63. The normalized spacial score (nSPS) is 13.7. The van der Waals surface area contributed by atoms with E-state index in [1.54, 1.807) is 104 Å². The summed E-state index contributed by atoms with van der Waals surface area (Å²) in [6, 6.07) is 27.8. The molecule has 0 spiro atoms. The van der Waals surface area contributed by atoms with E-state index in [1.807, 2.05) is 0 Å². The van der Waals surface area contributed by atoms with Crippen molar-refractivity contribution in [2.75, 3.05) is 0 Å². The van der Waals surface area contributed by atoms with Crippen molar-refractivity contribution >= 4 is 38.2 Å². The van der Waals surface area contributed by atoms with Crippen molar-refractivity contribution in [3.63, 3.8) is 0 Å². The third-order valence-electron chi connectivity index (χ3n) is 5.65. The number of aromatic nitrogens is 1. The van der Waals surface area contributed by atoms with Gasteiger partial charge in [-0.2, -0.15) is 0 Å². The van der Waals surface area contributed by atoms with Crippen molar-refractivity contribution in [1.82, 2.24) is 4.98 Å². The van der Waals surface area contributed by atoms with E-state index in [2.05, 4.69) is 4.98 Å². The van der Waals surface area contributed by atoms with Crippen LogP contribution >= 0.6 is 6.83 Å². The van der Waals surface area contributed by atoms with Crippen molar-refractivity contribution in [3.8, 4) is 0 Å². The summed E-state index contributed by atoms with van der Waals surface area (Å²) in [4.78, 5) is 4.20. The van der Waals surface area contributed by atoms with Gasteiger partial charge in [-0.1, -0.05) is 0 Å². The Kier molecular flexibility index (Phi) is 6.10. The molecule has 34 heavy (non-hydrogen) atoms. The number of hydrogen-bond acceptors (Lipinski definition) is 4. The Bertz CT molecular complexity index is 1300. The molecule has 4 nitrogen and oxygen atoms in total. The van der Waals surface area contributed by atoms with Gasteiger partial charge in [0, 0.05) is 0 Å². The molecule has 176 valence electrons. The molecule has 4 rings (SSSR count). The molecule has 0 aliphatic heterocycles. The Labute approximate surface area is 196 Å². The summed E-state index contributed by atoms with van der Waals surface area (Å²) >= 11 is 0. The van der Waals surface area contributed by atoms with E-state index in [-0.39, 0.29) is 5.30 Å². The molecule has 9 heteroatoms. The zero-order valence-corrected chi connectivity index (χ0v) is 19.8. The first-order valence-corrected chi connectivity index (χ1v) is 13.8. The van der Waals surface area contributed by atoms with Crippen molar-refractivity contribution < 1.29 is 25.6 Å². The van der Waals surface area contributed by atoms with Crippen LogP contribution < -0.4 is 21.2 Å². The predicted molar refractivity (Wildman–Crippen MR) is 130 cm³/mol. The standard InChI is InChI=1S/C25H21F3NO3PS/c1-20-19-24(17-18-29-20)33(21-11-5-2-6-12-21,22-13-7-3-8-14-22,23-15-9-4-10-16-23)32-34(30,31)25(26,27)28/h2-19H,1H3. The van der Waals surface area contributed by atoms with Crippen molar-refractivity contribution in [3.05, 3.63) is 115 Å². The van der Waals surface area contributed by atoms with Gasteiger partial charge in [-0.15, -0.1) is 0 Å². The number of nitrogens with zero attached hydrogens (tertiary/aromatic N) is 1. The summed E-state index contributed by atoms with van der Waals surface area (Å²) in [7, 11) is -6.08. The fourth-order valence-corrected chi connectivity index (χ4v) is 12.3. The summed E-state index contributed by atoms with van der Waals surface area (Å²) < 4.78 is 73.5. The second-order valence-corrected chi connectivity index (χ2v) is 13.8. The monoisotopic (exact) mass is 503 g/mol. The number of aryl methyl sites for hydroxylation is 1. The SMILES string of the molecule is Cc1cc(P(OS(=O)(=O)C(F)(F)F)(c2ccccc2)(c2ccccc2)c2ccccc2)ccn1. The average Bonchev–Trinajstić information content (AvgIpc) is 2.84. The molecule has 0 saturated carbocycles. The van der Waals surface area contributed by atoms with Gasteiger partial charge in [0.1, 0.15) is 0 Å². The first-order chi connectivity index (χ1) is 16.1. The van der Waals surface area contributed by atoms with E-state index in [9.17, 15) is 21.6 Å². The Morgan fingerprint density at radius 2 is 1.12 bits per heavy atom. The number of hydrogen-bond donors (Lipinski definition) is 0.